The van der Waals surface area contributed by atoms with Crippen LogP contribution >= 0.6 is 22.9 Å². The third-order valence-corrected chi connectivity index (χ3v) is 6.05. The number of halogens is 1. The van der Waals surface area contributed by atoms with Gasteiger partial charge < -0.3 is 0 Å². The summed E-state index contributed by atoms with van der Waals surface area (Å²) in [6, 6.07) is 10.8. The van der Waals surface area contributed by atoms with E-state index in [2.05, 4.69) is 0 Å². The molecule has 3 atom stereocenters. The number of hydrogen-bond donors (Lipinski definition) is 0. The molecule has 2 aliphatic rings. The lowest BCUT2D eigenvalue weighted by atomic mass is 9.95. The maximum absolute atomic E-state index is 13.0. The molecule has 2 amide bonds. The Kier molecular flexibility index (Phi) is 4.73. The molecule has 2 aliphatic heterocycles. The number of unbranched alkanes of at least 4 members (excludes halogenated alkanes) is 1. The topological polar surface area (TPSA) is 49.9 Å². The molecule has 1 aromatic heterocycles. The van der Waals surface area contributed by atoms with E-state index in [1.165, 1.54) is 4.90 Å². The number of imide groups is 1. The van der Waals surface area contributed by atoms with Crippen LogP contribution in [0.15, 0.2) is 41.8 Å². The molecule has 0 N–H and O–H groups in total. The fourth-order valence-corrected chi connectivity index (χ4v) is 4.55. The first-order chi connectivity index (χ1) is 12.6. The second kappa shape index (κ2) is 7.02. The maximum Gasteiger partial charge on any atom is 0.261 e. The molecule has 0 bridgehead atoms. The summed E-state index contributed by atoms with van der Waals surface area (Å²) in [4.78, 5) is 34.2. The Balaban J connectivity index is 1.70. The van der Waals surface area contributed by atoms with Crippen LogP contribution in [-0.4, -0.2) is 29.4 Å². The van der Waals surface area contributed by atoms with Gasteiger partial charge in [0.2, 0.25) is 5.91 Å². The van der Waals surface area contributed by atoms with E-state index >= 15 is 0 Å². The number of carbonyl (C=O) groups excluding carboxylic acids is 2. The van der Waals surface area contributed by atoms with Crippen molar-refractivity contribution in [3.8, 4) is 0 Å². The molecule has 136 valence electrons. The highest BCUT2D eigenvalue weighted by molar-refractivity contribution is 7.10. The summed E-state index contributed by atoms with van der Waals surface area (Å²) in [6.45, 7) is 2.50. The van der Waals surface area contributed by atoms with Crippen molar-refractivity contribution >= 4 is 40.4 Å². The SMILES string of the molecule is CCCCN1C(=O)C2ON(c3ccc(Cl)cc3)C(c3cccs3)C2C1=O. The average Bonchev–Trinajstić information content (AvgIpc) is 3.33. The number of anilines is 1. The molecule has 5 nitrogen and oxygen atoms in total. The van der Waals surface area contributed by atoms with Gasteiger partial charge in [0, 0.05) is 16.4 Å². The Morgan fingerprint density at radius 3 is 2.58 bits per heavy atom. The number of amides is 2. The Labute approximate surface area is 161 Å². The van der Waals surface area contributed by atoms with Gasteiger partial charge in [0.25, 0.3) is 5.91 Å². The van der Waals surface area contributed by atoms with Crippen molar-refractivity contribution < 1.29 is 14.4 Å². The van der Waals surface area contributed by atoms with Crippen molar-refractivity contribution in [2.75, 3.05) is 11.6 Å². The van der Waals surface area contributed by atoms with Crippen molar-refractivity contribution in [3.05, 3.63) is 51.7 Å². The number of nitrogens with zero attached hydrogens (tertiary/aromatic N) is 2. The lowest BCUT2D eigenvalue weighted by molar-refractivity contribution is -0.143. The standard InChI is InChI=1S/C19H19ClN2O3S/c1-2-3-10-21-18(23)15-16(14-5-4-11-26-14)22(25-17(15)19(21)24)13-8-6-12(20)7-9-13/h4-9,11,15-17H,2-3,10H2,1H3. The Bertz CT molecular complexity index is 809. The fraction of sp³-hybridized carbons (Fsp3) is 0.368. The van der Waals surface area contributed by atoms with Gasteiger partial charge in [0.05, 0.1) is 5.69 Å². The summed E-state index contributed by atoms with van der Waals surface area (Å²) in [5.41, 5.74) is 0.780. The number of hydroxylamine groups is 1. The Morgan fingerprint density at radius 2 is 1.92 bits per heavy atom. The van der Waals surface area contributed by atoms with E-state index in [0.717, 1.165) is 23.4 Å². The quantitative estimate of drug-likeness (QED) is 0.723. The zero-order valence-corrected chi connectivity index (χ0v) is 15.9. The Hall–Kier alpha value is -1.89. The van der Waals surface area contributed by atoms with E-state index in [9.17, 15) is 9.59 Å². The summed E-state index contributed by atoms with van der Waals surface area (Å²) < 4.78 is 0. The highest BCUT2D eigenvalue weighted by atomic mass is 35.5. The summed E-state index contributed by atoms with van der Waals surface area (Å²) in [5.74, 6) is -0.886. The molecular weight excluding hydrogens is 372 g/mol. The fourth-order valence-electron chi connectivity index (χ4n) is 3.57. The molecule has 7 heteroatoms. The van der Waals surface area contributed by atoms with E-state index in [1.807, 2.05) is 36.6 Å². The summed E-state index contributed by atoms with van der Waals surface area (Å²) >= 11 is 7.56. The van der Waals surface area contributed by atoms with Gasteiger partial charge in [0.1, 0.15) is 12.0 Å². The van der Waals surface area contributed by atoms with Gasteiger partial charge in [-0.05, 0) is 42.1 Å². The van der Waals surface area contributed by atoms with Gasteiger partial charge in [-0.3, -0.25) is 19.3 Å². The zero-order chi connectivity index (χ0) is 18.3. The number of thiophene rings is 1. The zero-order valence-electron chi connectivity index (χ0n) is 14.3. The van der Waals surface area contributed by atoms with Crippen LogP contribution in [0.1, 0.15) is 30.7 Å². The highest BCUT2D eigenvalue weighted by Crippen LogP contribution is 2.47. The van der Waals surface area contributed by atoms with Gasteiger partial charge in [-0.25, -0.2) is 5.06 Å². The molecule has 1 aromatic carbocycles. The van der Waals surface area contributed by atoms with Crippen LogP contribution in [-0.2, 0) is 14.4 Å². The van der Waals surface area contributed by atoms with Crippen LogP contribution in [0.3, 0.4) is 0 Å². The highest BCUT2D eigenvalue weighted by Gasteiger charge is 2.59. The van der Waals surface area contributed by atoms with Crippen LogP contribution < -0.4 is 5.06 Å². The minimum absolute atomic E-state index is 0.136. The van der Waals surface area contributed by atoms with Crippen LogP contribution in [0.2, 0.25) is 5.02 Å². The van der Waals surface area contributed by atoms with Crippen LogP contribution in [0, 0.1) is 5.92 Å². The van der Waals surface area contributed by atoms with Crippen molar-refractivity contribution in [1.82, 2.24) is 4.90 Å². The van der Waals surface area contributed by atoms with Crippen molar-refractivity contribution in [3.63, 3.8) is 0 Å². The minimum Gasteiger partial charge on any atom is -0.280 e. The number of likely N-dealkylation sites (tertiary alicyclic amines) is 1. The van der Waals surface area contributed by atoms with Gasteiger partial charge in [0.15, 0.2) is 6.10 Å². The van der Waals surface area contributed by atoms with Crippen LogP contribution in [0.4, 0.5) is 5.69 Å². The summed E-state index contributed by atoms with van der Waals surface area (Å²) in [5, 5.41) is 4.29. The van der Waals surface area contributed by atoms with E-state index in [1.54, 1.807) is 28.5 Å². The van der Waals surface area contributed by atoms with Crippen molar-refractivity contribution in [2.45, 2.75) is 31.9 Å². The lowest BCUT2D eigenvalue weighted by Gasteiger charge is -2.27. The molecular formula is C19H19ClN2O3S. The predicted octanol–water partition coefficient (Wildman–Crippen LogP) is 4.05. The van der Waals surface area contributed by atoms with Gasteiger partial charge in [-0.2, -0.15) is 0 Å². The van der Waals surface area contributed by atoms with E-state index in [0.29, 0.717) is 11.6 Å². The molecule has 2 fully saturated rings. The molecule has 4 rings (SSSR count). The molecule has 3 unspecified atom stereocenters. The van der Waals surface area contributed by atoms with E-state index in [4.69, 9.17) is 16.4 Å². The molecule has 0 aliphatic carbocycles. The van der Waals surface area contributed by atoms with Crippen molar-refractivity contribution in [2.24, 2.45) is 5.92 Å². The molecule has 2 aromatic rings. The molecule has 0 spiro atoms. The minimum atomic E-state index is -0.762. The summed E-state index contributed by atoms with van der Waals surface area (Å²) in [6.07, 6.45) is 0.974. The van der Waals surface area contributed by atoms with Crippen LogP contribution in [0.25, 0.3) is 0 Å². The van der Waals surface area contributed by atoms with Gasteiger partial charge >= 0.3 is 0 Å². The van der Waals surface area contributed by atoms with Gasteiger partial charge in [-0.1, -0.05) is 31.0 Å². The first-order valence-corrected chi connectivity index (χ1v) is 9.97. The maximum atomic E-state index is 13.0. The Morgan fingerprint density at radius 1 is 1.15 bits per heavy atom. The third kappa shape index (κ3) is 2.82. The average molecular weight is 391 g/mol. The monoisotopic (exact) mass is 390 g/mol. The van der Waals surface area contributed by atoms with Gasteiger partial charge in [-0.15, -0.1) is 11.3 Å². The molecule has 3 heterocycles. The molecule has 0 radical (unpaired) electrons. The molecule has 2 saturated heterocycles. The first kappa shape index (κ1) is 17.5. The first-order valence-electron chi connectivity index (χ1n) is 8.72. The number of hydrogen-bond acceptors (Lipinski definition) is 5. The van der Waals surface area contributed by atoms with Crippen LogP contribution in [0.5, 0.6) is 0 Å². The predicted molar refractivity (Wildman–Crippen MR) is 101 cm³/mol. The third-order valence-electron chi connectivity index (χ3n) is 4.86. The number of rotatable bonds is 5. The summed E-state index contributed by atoms with van der Waals surface area (Å²) in [7, 11) is 0. The largest absolute Gasteiger partial charge is 0.280 e. The molecule has 0 saturated carbocycles. The number of fused-ring (bicyclic) bond motifs is 1. The van der Waals surface area contributed by atoms with E-state index < -0.39 is 12.0 Å². The second-order valence-corrected chi connectivity index (χ2v) is 7.91. The normalized spacial score (nSPS) is 25.2. The van der Waals surface area contributed by atoms with E-state index in [-0.39, 0.29) is 17.9 Å². The van der Waals surface area contributed by atoms with Crippen molar-refractivity contribution in [1.29, 1.82) is 0 Å². The lowest BCUT2D eigenvalue weighted by Crippen LogP contribution is -2.37. The smallest absolute Gasteiger partial charge is 0.261 e. The number of carbonyl (C=O) groups is 2. The second-order valence-electron chi connectivity index (χ2n) is 6.50. The molecule has 26 heavy (non-hydrogen) atoms. The number of benzene rings is 1.